The molecule has 0 saturated carbocycles. The molecule has 1 amide bonds. The fourth-order valence-electron chi connectivity index (χ4n) is 2.67. The molecule has 0 spiro atoms. The number of hydrogen-bond donors (Lipinski definition) is 0. The molecule has 1 fully saturated rings. The number of nitrogens with zero attached hydrogens (tertiary/aromatic N) is 1. The molecule has 1 saturated heterocycles. The van der Waals surface area contributed by atoms with Crippen LogP contribution in [-0.4, -0.2) is 42.3 Å². The smallest absolute Gasteiger partial charge is 0.411 e. The van der Waals surface area contributed by atoms with Crippen LogP contribution in [0, 0.1) is 11.8 Å². The first-order valence-electron chi connectivity index (χ1n) is 7.25. The summed E-state index contributed by atoms with van der Waals surface area (Å²) in [5.74, 6) is 0.0716. The molecule has 0 aromatic heterocycles. The van der Waals surface area contributed by atoms with E-state index in [9.17, 15) is 9.59 Å². The summed E-state index contributed by atoms with van der Waals surface area (Å²) in [5, 5.41) is 0. The predicted molar refractivity (Wildman–Crippen MR) is 76.3 cm³/mol. The highest BCUT2D eigenvalue weighted by molar-refractivity contribution is 5.82. The van der Waals surface area contributed by atoms with Gasteiger partial charge in [-0.3, -0.25) is 4.90 Å². The molecule has 0 bridgehead atoms. The zero-order chi connectivity index (χ0) is 15.5. The van der Waals surface area contributed by atoms with Gasteiger partial charge >= 0.3 is 12.1 Å². The number of amides is 1. The number of rotatable bonds is 2. The van der Waals surface area contributed by atoms with Gasteiger partial charge in [0, 0.05) is 6.54 Å². The standard InChI is InChI=1S/C15H27NO4/c1-10(2)11-8-7-9-16(12(11)13(17)19-6)14(18)20-15(3,4)5/h10-12H,7-9H2,1-6H3/t11-,12+/m0/s1. The number of carbonyl (C=O) groups is 2. The van der Waals surface area contributed by atoms with E-state index in [4.69, 9.17) is 9.47 Å². The Bertz CT molecular complexity index is 359. The molecule has 20 heavy (non-hydrogen) atoms. The lowest BCUT2D eigenvalue weighted by Crippen LogP contribution is -2.55. The van der Waals surface area contributed by atoms with Crippen LogP contribution in [0.25, 0.3) is 0 Å². The molecule has 2 atom stereocenters. The molecule has 0 aromatic rings. The van der Waals surface area contributed by atoms with Crippen LogP contribution in [0.4, 0.5) is 4.79 Å². The van der Waals surface area contributed by atoms with E-state index in [1.54, 1.807) is 0 Å². The lowest BCUT2D eigenvalue weighted by atomic mass is 9.81. The topological polar surface area (TPSA) is 55.8 Å². The first kappa shape index (κ1) is 16.8. The summed E-state index contributed by atoms with van der Waals surface area (Å²) >= 11 is 0. The van der Waals surface area contributed by atoms with Crippen LogP contribution in [0.15, 0.2) is 0 Å². The molecule has 0 radical (unpaired) electrons. The van der Waals surface area contributed by atoms with E-state index in [-0.39, 0.29) is 11.9 Å². The molecule has 1 rings (SSSR count). The Balaban J connectivity index is 2.96. The molecule has 0 N–H and O–H groups in total. The van der Waals surface area contributed by atoms with Gasteiger partial charge in [0.05, 0.1) is 7.11 Å². The summed E-state index contributed by atoms with van der Waals surface area (Å²) in [6.45, 7) is 10.1. The zero-order valence-electron chi connectivity index (χ0n) is 13.4. The number of esters is 1. The van der Waals surface area contributed by atoms with Gasteiger partial charge in [0.15, 0.2) is 0 Å². The van der Waals surface area contributed by atoms with Crippen LogP contribution in [-0.2, 0) is 14.3 Å². The van der Waals surface area contributed by atoms with Crippen LogP contribution in [0.3, 0.4) is 0 Å². The van der Waals surface area contributed by atoms with Crippen molar-refractivity contribution in [3.8, 4) is 0 Å². The lowest BCUT2D eigenvalue weighted by molar-refractivity contribution is -0.151. The van der Waals surface area contributed by atoms with E-state index in [0.717, 1.165) is 12.8 Å². The summed E-state index contributed by atoms with van der Waals surface area (Å²) < 4.78 is 10.3. The Morgan fingerprint density at radius 1 is 1.25 bits per heavy atom. The minimum Gasteiger partial charge on any atom is -0.467 e. The number of ether oxygens (including phenoxy) is 2. The molecular weight excluding hydrogens is 258 g/mol. The maximum atomic E-state index is 12.3. The second kappa shape index (κ2) is 6.46. The van der Waals surface area contributed by atoms with Gasteiger partial charge in [0.2, 0.25) is 0 Å². The van der Waals surface area contributed by atoms with Crippen LogP contribution in [0.2, 0.25) is 0 Å². The van der Waals surface area contributed by atoms with Gasteiger partial charge in [0.1, 0.15) is 11.6 Å². The third-order valence-electron chi connectivity index (χ3n) is 3.60. The van der Waals surface area contributed by atoms with Crippen LogP contribution in [0.5, 0.6) is 0 Å². The summed E-state index contributed by atoms with van der Waals surface area (Å²) in [7, 11) is 1.36. The van der Waals surface area contributed by atoms with E-state index < -0.39 is 17.7 Å². The Hall–Kier alpha value is -1.26. The summed E-state index contributed by atoms with van der Waals surface area (Å²) in [5.41, 5.74) is -0.567. The van der Waals surface area contributed by atoms with Gasteiger partial charge in [-0.25, -0.2) is 9.59 Å². The highest BCUT2D eigenvalue weighted by atomic mass is 16.6. The maximum absolute atomic E-state index is 12.3. The second-order valence-electron chi connectivity index (χ2n) is 6.69. The van der Waals surface area contributed by atoms with Crippen LogP contribution >= 0.6 is 0 Å². The summed E-state index contributed by atoms with van der Waals surface area (Å²) in [4.78, 5) is 25.9. The first-order chi connectivity index (χ1) is 9.17. The average Bonchev–Trinajstić information content (AvgIpc) is 2.34. The molecule has 1 heterocycles. The molecule has 0 aromatic carbocycles. The maximum Gasteiger partial charge on any atom is 0.411 e. The third kappa shape index (κ3) is 4.12. The van der Waals surface area contributed by atoms with E-state index in [1.165, 1.54) is 12.0 Å². The molecular formula is C15H27NO4. The Morgan fingerprint density at radius 3 is 2.30 bits per heavy atom. The monoisotopic (exact) mass is 285 g/mol. The van der Waals surface area contributed by atoms with Gasteiger partial charge < -0.3 is 9.47 Å². The minimum absolute atomic E-state index is 0.115. The quantitative estimate of drug-likeness (QED) is 0.732. The van der Waals surface area contributed by atoms with Gasteiger partial charge in [-0.05, 0) is 45.4 Å². The SMILES string of the molecule is COC(=O)[C@H]1[C@H](C(C)C)CCCN1C(=O)OC(C)(C)C. The van der Waals surface area contributed by atoms with Gasteiger partial charge in [0.25, 0.3) is 0 Å². The van der Waals surface area contributed by atoms with E-state index in [0.29, 0.717) is 12.5 Å². The normalized spacial score (nSPS) is 23.6. The number of methoxy groups -OCH3 is 1. The fourth-order valence-corrected chi connectivity index (χ4v) is 2.67. The second-order valence-corrected chi connectivity index (χ2v) is 6.69. The molecule has 1 aliphatic heterocycles. The number of piperidine rings is 1. The molecule has 1 aliphatic rings. The van der Waals surface area contributed by atoms with Crippen LogP contribution < -0.4 is 0 Å². The first-order valence-corrected chi connectivity index (χ1v) is 7.25. The van der Waals surface area contributed by atoms with Crippen molar-refractivity contribution in [1.29, 1.82) is 0 Å². The van der Waals surface area contributed by atoms with Crippen LogP contribution in [0.1, 0.15) is 47.5 Å². The lowest BCUT2D eigenvalue weighted by Gasteiger charge is -2.41. The number of carbonyl (C=O) groups excluding carboxylic acids is 2. The minimum atomic E-state index is -0.567. The zero-order valence-corrected chi connectivity index (χ0v) is 13.4. The highest BCUT2D eigenvalue weighted by Crippen LogP contribution is 2.31. The van der Waals surface area contributed by atoms with E-state index >= 15 is 0 Å². The molecule has 0 aliphatic carbocycles. The van der Waals surface area contributed by atoms with Crippen molar-refractivity contribution in [2.75, 3.05) is 13.7 Å². The van der Waals surface area contributed by atoms with Crippen molar-refractivity contribution in [1.82, 2.24) is 4.90 Å². The Kier molecular flexibility index (Phi) is 5.42. The van der Waals surface area contributed by atoms with E-state index in [2.05, 4.69) is 13.8 Å². The van der Waals surface area contributed by atoms with Gasteiger partial charge in [-0.1, -0.05) is 13.8 Å². The predicted octanol–water partition coefficient (Wildman–Crippen LogP) is 2.83. The highest BCUT2D eigenvalue weighted by Gasteiger charge is 2.42. The molecule has 5 nitrogen and oxygen atoms in total. The van der Waals surface area contributed by atoms with Crippen molar-refractivity contribution < 1.29 is 19.1 Å². The average molecular weight is 285 g/mol. The summed E-state index contributed by atoms with van der Waals surface area (Å²) in [6, 6.07) is -0.538. The van der Waals surface area contributed by atoms with Crippen molar-refractivity contribution in [2.45, 2.75) is 59.1 Å². The third-order valence-corrected chi connectivity index (χ3v) is 3.60. The van der Waals surface area contributed by atoms with Gasteiger partial charge in [-0.15, -0.1) is 0 Å². The van der Waals surface area contributed by atoms with Crippen molar-refractivity contribution in [3.05, 3.63) is 0 Å². The van der Waals surface area contributed by atoms with Gasteiger partial charge in [-0.2, -0.15) is 0 Å². The Morgan fingerprint density at radius 2 is 1.85 bits per heavy atom. The van der Waals surface area contributed by atoms with E-state index in [1.807, 2.05) is 20.8 Å². The molecule has 0 unspecified atom stereocenters. The van der Waals surface area contributed by atoms with Crippen molar-refractivity contribution in [3.63, 3.8) is 0 Å². The summed E-state index contributed by atoms with van der Waals surface area (Å²) in [6.07, 6.45) is 1.38. The van der Waals surface area contributed by atoms with Crippen molar-refractivity contribution in [2.24, 2.45) is 11.8 Å². The molecule has 5 heteroatoms. The fraction of sp³-hybridized carbons (Fsp3) is 0.867. The number of hydrogen-bond acceptors (Lipinski definition) is 4. The largest absolute Gasteiger partial charge is 0.467 e. The Labute approximate surface area is 121 Å². The number of likely N-dealkylation sites (tertiary alicyclic amines) is 1. The van der Waals surface area contributed by atoms with Crippen molar-refractivity contribution >= 4 is 12.1 Å². The molecule has 116 valence electrons.